The van der Waals surface area contributed by atoms with Gasteiger partial charge < -0.3 is 20.7 Å². The van der Waals surface area contributed by atoms with Crippen LogP contribution in [0.15, 0.2) is 42.5 Å². The van der Waals surface area contributed by atoms with Crippen molar-refractivity contribution in [2.75, 3.05) is 16.0 Å². The Kier molecular flexibility index (Phi) is 5.10. The summed E-state index contributed by atoms with van der Waals surface area (Å²) in [5.41, 5.74) is 1.85. The molecule has 0 radical (unpaired) electrons. The molecular formula is C24H25N3O4. The highest BCUT2D eigenvalue weighted by atomic mass is 16.5. The Balaban J connectivity index is 1.29. The van der Waals surface area contributed by atoms with Crippen LogP contribution >= 0.6 is 0 Å². The van der Waals surface area contributed by atoms with Crippen LogP contribution in [0.1, 0.15) is 38.5 Å². The van der Waals surface area contributed by atoms with Crippen molar-refractivity contribution in [3.05, 3.63) is 42.5 Å². The first-order valence-electron chi connectivity index (χ1n) is 10.9. The van der Waals surface area contributed by atoms with Crippen molar-refractivity contribution in [1.82, 2.24) is 0 Å². The fourth-order valence-corrected chi connectivity index (χ4v) is 3.29. The molecule has 0 spiro atoms. The predicted molar refractivity (Wildman–Crippen MR) is 117 cm³/mol. The number of nitrogens with one attached hydrogen (secondary N) is 3. The van der Waals surface area contributed by atoms with Crippen molar-refractivity contribution in [2.45, 2.75) is 38.5 Å². The van der Waals surface area contributed by atoms with Gasteiger partial charge in [-0.25, -0.2) is 0 Å². The van der Waals surface area contributed by atoms with Gasteiger partial charge in [0.05, 0.1) is 11.4 Å². The van der Waals surface area contributed by atoms with Gasteiger partial charge in [0.2, 0.25) is 17.7 Å². The average molecular weight is 419 g/mol. The van der Waals surface area contributed by atoms with Crippen LogP contribution < -0.4 is 20.7 Å². The van der Waals surface area contributed by atoms with Crippen molar-refractivity contribution in [1.29, 1.82) is 0 Å². The van der Waals surface area contributed by atoms with Gasteiger partial charge >= 0.3 is 0 Å². The fraction of sp³-hybridized carbons (Fsp3) is 0.375. The number of carbonyl (C=O) groups is 3. The number of benzene rings is 2. The molecule has 3 aliphatic carbocycles. The molecular weight excluding hydrogens is 394 g/mol. The quantitative estimate of drug-likeness (QED) is 0.586. The molecule has 5 rings (SSSR count). The van der Waals surface area contributed by atoms with Crippen molar-refractivity contribution in [3.63, 3.8) is 0 Å². The lowest BCUT2D eigenvalue weighted by Crippen LogP contribution is -2.18. The molecule has 2 aromatic carbocycles. The van der Waals surface area contributed by atoms with E-state index in [1.165, 1.54) is 0 Å². The zero-order chi connectivity index (χ0) is 21.4. The van der Waals surface area contributed by atoms with E-state index in [0.29, 0.717) is 22.9 Å². The van der Waals surface area contributed by atoms with E-state index < -0.39 is 0 Å². The summed E-state index contributed by atoms with van der Waals surface area (Å²) in [7, 11) is 0. The lowest BCUT2D eigenvalue weighted by molar-refractivity contribution is -0.118. The molecule has 7 heteroatoms. The molecule has 0 atom stereocenters. The summed E-state index contributed by atoms with van der Waals surface area (Å²) < 4.78 is 5.94. The Morgan fingerprint density at radius 2 is 1.10 bits per heavy atom. The zero-order valence-corrected chi connectivity index (χ0v) is 17.1. The molecule has 0 aromatic heterocycles. The molecule has 31 heavy (non-hydrogen) atoms. The maximum Gasteiger partial charge on any atom is 0.227 e. The van der Waals surface area contributed by atoms with Gasteiger partial charge in [-0.05, 0) is 74.9 Å². The second kappa shape index (κ2) is 8.06. The Morgan fingerprint density at radius 1 is 0.613 bits per heavy atom. The van der Waals surface area contributed by atoms with Gasteiger partial charge in [0, 0.05) is 29.5 Å². The van der Waals surface area contributed by atoms with Gasteiger partial charge in [0.25, 0.3) is 0 Å². The Hall–Kier alpha value is -3.35. The second-order valence-corrected chi connectivity index (χ2v) is 8.62. The molecule has 3 N–H and O–H groups in total. The lowest BCUT2D eigenvalue weighted by Gasteiger charge is -2.15. The monoisotopic (exact) mass is 419 g/mol. The van der Waals surface area contributed by atoms with Crippen molar-refractivity contribution in [2.24, 2.45) is 17.8 Å². The molecule has 2 aromatic rings. The molecule has 0 bridgehead atoms. The fourth-order valence-electron chi connectivity index (χ4n) is 3.29. The topological polar surface area (TPSA) is 96.5 Å². The van der Waals surface area contributed by atoms with Gasteiger partial charge in [0.15, 0.2) is 0 Å². The van der Waals surface area contributed by atoms with Crippen LogP contribution in [0, 0.1) is 17.8 Å². The third-order valence-electron chi connectivity index (χ3n) is 5.71. The van der Waals surface area contributed by atoms with Crippen LogP contribution in [-0.2, 0) is 14.4 Å². The minimum atomic E-state index is -0.0326. The molecule has 7 nitrogen and oxygen atoms in total. The maximum absolute atomic E-state index is 12.3. The number of carbonyl (C=O) groups excluding carboxylic acids is 3. The van der Waals surface area contributed by atoms with Crippen LogP contribution in [-0.4, -0.2) is 17.7 Å². The van der Waals surface area contributed by atoms with E-state index in [-0.39, 0.29) is 35.5 Å². The average Bonchev–Trinajstić information content (AvgIpc) is 3.62. The summed E-state index contributed by atoms with van der Waals surface area (Å²) in [6, 6.07) is 12.4. The first-order valence-corrected chi connectivity index (χ1v) is 10.9. The number of ether oxygens (including phenoxy) is 1. The standard InChI is InChI=1S/C24H25N3O4/c28-22(14-1-2-14)25-17-7-9-18(10-8-17)31-19-11-12-20(26-23(29)15-3-4-15)21(13-19)27-24(30)16-5-6-16/h7-16H,1-6H2,(H,25,28)(H,26,29)(H,27,30). The molecule has 0 aliphatic heterocycles. The summed E-state index contributed by atoms with van der Waals surface area (Å²) in [5, 5.41) is 8.75. The molecule has 0 heterocycles. The molecule has 3 fully saturated rings. The van der Waals surface area contributed by atoms with E-state index in [4.69, 9.17) is 4.74 Å². The van der Waals surface area contributed by atoms with E-state index in [1.807, 2.05) is 0 Å². The van der Waals surface area contributed by atoms with E-state index >= 15 is 0 Å². The van der Waals surface area contributed by atoms with Gasteiger partial charge in [0.1, 0.15) is 11.5 Å². The van der Waals surface area contributed by atoms with Crippen molar-refractivity contribution in [3.8, 4) is 11.5 Å². The first-order chi connectivity index (χ1) is 15.0. The Labute approximate surface area is 180 Å². The van der Waals surface area contributed by atoms with Gasteiger partial charge in [-0.2, -0.15) is 0 Å². The lowest BCUT2D eigenvalue weighted by atomic mass is 10.2. The molecule has 3 aliphatic rings. The summed E-state index contributed by atoms with van der Waals surface area (Å²) in [6.45, 7) is 0. The molecule has 3 saturated carbocycles. The highest BCUT2D eigenvalue weighted by Gasteiger charge is 2.32. The van der Waals surface area contributed by atoms with Crippen molar-refractivity contribution < 1.29 is 19.1 Å². The molecule has 3 amide bonds. The van der Waals surface area contributed by atoms with Gasteiger partial charge in [-0.1, -0.05) is 0 Å². The third kappa shape index (κ3) is 5.05. The first kappa shape index (κ1) is 19.6. The summed E-state index contributed by atoms with van der Waals surface area (Å²) >= 11 is 0. The molecule has 0 saturated heterocycles. The highest BCUT2D eigenvalue weighted by molar-refractivity contribution is 6.02. The Morgan fingerprint density at radius 3 is 1.65 bits per heavy atom. The van der Waals surface area contributed by atoms with Crippen LogP contribution in [0.4, 0.5) is 17.1 Å². The van der Waals surface area contributed by atoms with Gasteiger partial charge in [-0.15, -0.1) is 0 Å². The zero-order valence-electron chi connectivity index (χ0n) is 17.1. The number of hydrogen-bond donors (Lipinski definition) is 3. The predicted octanol–water partition coefficient (Wildman–Crippen LogP) is 4.52. The smallest absolute Gasteiger partial charge is 0.227 e. The Bertz CT molecular complexity index is 1020. The number of rotatable bonds is 8. The second-order valence-electron chi connectivity index (χ2n) is 8.62. The van der Waals surface area contributed by atoms with Crippen LogP contribution in [0.5, 0.6) is 11.5 Å². The van der Waals surface area contributed by atoms with E-state index in [9.17, 15) is 14.4 Å². The van der Waals surface area contributed by atoms with Crippen LogP contribution in [0.3, 0.4) is 0 Å². The number of amides is 3. The van der Waals surface area contributed by atoms with E-state index in [0.717, 1.165) is 44.2 Å². The van der Waals surface area contributed by atoms with Gasteiger partial charge in [-0.3, -0.25) is 14.4 Å². The summed E-state index contributed by atoms with van der Waals surface area (Å²) in [4.78, 5) is 36.4. The normalized spacial score (nSPS) is 17.5. The van der Waals surface area contributed by atoms with E-state index in [2.05, 4.69) is 16.0 Å². The van der Waals surface area contributed by atoms with Crippen LogP contribution in [0.2, 0.25) is 0 Å². The van der Waals surface area contributed by atoms with Crippen molar-refractivity contribution >= 4 is 34.8 Å². The molecule has 160 valence electrons. The minimum absolute atomic E-state index is 0.0144. The number of anilines is 3. The highest BCUT2D eigenvalue weighted by Crippen LogP contribution is 2.36. The molecule has 0 unspecified atom stereocenters. The summed E-state index contributed by atoms with van der Waals surface area (Å²) in [5.74, 6) is 1.45. The van der Waals surface area contributed by atoms with Crippen LogP contribution in [0.25, 0.3) is 0 Å². The largest absolute Gasteiger partial charge is 0.457 e. The summed E-state index contributed by atoms with van der Waals surface area (Å²) in [6.07, 6.45) is 5.54. The number of hydrogen-bond acceptors (Lipinski definition) is 4. The maximum atomic E-state index is 12.3. The van der Waals surface area contributed by atoms with E-state index in [1.54, 1.807) is 42.5 Å². The minimum Gasteiger partial charge on any atom is -0.457 e. The third-order valence-corrected chi connectivity index (χ3v) is 5.71. The SMILES string of the molecule is O=C(Nc1ccc(Oc2ccc(NC(=O)C3CC3)c(NC(=O)C3CC3)c2)cc1)C1CC1.